The van der Waals surface area contributed by atoms with Crippen LogP contribution in [0.25, 0.3) is 0 Å². The first kappa shape index (κ1) is 14.0. The third-order valence-corrected chi connectivity index (χ3v) is 3.98. The first-order chi connectivity index (χ1) is 8.95. The van der Waals surface area contributed by atoms with Gasteiger partial charge in [0, 0.05) is 9.85 Å². The summed E-state index contributed by atoms with van der Waals surface area (Å²) in [5.74, 6) is -0.871. The van der Waals surface area contributed by atoms with Gasteiger partial charge in [0.2, 0.25) is 0 Å². The SMILES string of the molecule is Cc1cc(C)c(Nc2nc(CC(=O)O)cs2)c(Br)c1. The van der Waals surface area contributed by atoms with Crippen molar-refractivity contribution in [2.45, 2.75) is 20.3 Å². The number of nitrogens with zero attached hydrogens (tertiary/aromatic N) is 1. The molecule has 0 saturated carbocycles. The highest BCUT2D eigenvalue weighted by Crippen LogP contribution is 2.31. The second-order valence-corrected chi connectivity index (χ2v) is 5.99. The molecule has 0 saturated heterocycles. The van der Waals surface area contributed by atoms with E-state index in [1.807, 2.05) is 19.9 Å². The minimum Gasteiger partial charge on any atom is -0.481 e. The molecule has 2 rings (SSSR count). The van der Waals surface area contributed by atoms with Crippen molar-refractivity contribution in [1.82, 2.24) is 4.98 Å². The fourth-order valence-corrected chi connectivity index (χ4v) is 3.27. The van der Waals surface area contributed by atoms with Crippen LogP contribution in [0.4, 0.5) is 10.8 Å². The molecule has 0 aliphatic heterocycles. The molecule has 0 bridgehead atoms. The molecule has 0 amide bonds. The minimum atomic E-state index is -0.871. The average Bonchev–Trinajstić information content (AvgIpc) is 2.70. The van der Waals surface area contributed by atoms with Gasteiger partial charge in [-0.1, -0.05) is 6.07 Å². The number of nitrogens with one attached hydrogen (secondary N) is 1. The molecule has 0 fully saturated rings. The van der Waals surface area contributed by atoms with Gasteiger partial charge in [-0.2, -0.15) is 0 Å². The summed E-state index contributed by atoms with van der Waals surface area (Å²) in [4.78, 5) is 14.9. The summed E-state index contributed by atoms with van der Waals surface area (Å²) in [6.45, 7) is 4.06. The number of carboxylic acid groups (broad SMARTS) is 1. The number of aromatic nitrogens is 1. The lowest BCUT2D eigenvalue weighted by Gasteiger charge is -2.10. The number of carbonyl (C=O) groups is 1. The van der Waals surface area contributed by atoms with Crippen molar-refractivity contribution < 1.29 is 9.90 Å². The molecule has 100 valence electrons. The molecule has 0 unspecified atom stereocenters. The number of hydrogen-bond acceptors (Lipinski definition) is 4. The first-order valence-corrected chi connectivity index (χ1v) is 7.33. The first-order valence-electron chi connectivity index (χ1n) is 5.65. The second-order valence-electron chi connectivity index (χ2n) is 4.28. The third-order valence-electron chi connectivity index (χ3n) is 2.55. The number of aryl methyl sites for hydroxylation is 2. The average molecular weight is 341 g/mol. The van der Waals surface area contributed by atoms with Gasteiger partial charge in [0.05, 0.1) is 17.8 Å². The fraction of sp³-hybridized carbons (Fsp3) is 0.231. The van der Waals surface area contributed by atoms with Gasteiger partial charge in [0.25, 0.3) is 0 Å². The highest BCUT2D eigenvalue weighted by atomic mass is 79.9. The summed E-state index contributed by atoms with van der Waals surface area (Å²) in [5, 5.41) is 14.4. The molecule has 0 aliphatic rings. The van der Waals surface area contributed by atoms with Crippen LogP contribution in [0.2, 0.25) is 0 Å². The van der Waals surface area contributed by atoms with Crippen LogP contribution in [-0.2, 0) is 11.2 Å². The molecule has 1 aromatic heterocycles. The van der Waals surface area contributed by atoms with Gasteiger partial charge >= 0.3 is 5.97 Å². The van der Waals surface area contributed by atoms with Crippen LogP contribution in [0, 0.1) is 13.8 Å². The smallest absolute Gasteiger partial charge is 0.309 e. The molecule has 19 heavy (non-hydrogen) atoms. The normalized spacial score (nSPS) is 10.5. The van der Waals surface area contributed by atoms with Crippen molar-refractivity contribution in [2.24, 2.45) is 0 Å². The summed E-state index contributed by atoms with van der Waals surface area (Å²) >= 11 is 4.92. The van der Waals surface area contributed by atoms with Crippen LogP contribution in [0.3, 0.4) is 0 Å². The van der Waals surface area contributed by atoms with Crippen LogP contribution < -0.4 is 5.32 Å². The van der Waals surface area contributed by atoms with E-state index in [1.54, 1.807) is 5.38 Å². The number of halogens is 1. The van der Waals surface area contributed by atoms with Crippen molar-refractivity contribution in [3.63, 3.8) is 0 Å². The van der Waals surface area contributed by atoms with Gasteiger partial charge in [-0.25, -0.2) is 4.98 Å². The van der Waals surface area contributed by atoms with E-state index in [4.69, 9.17) is 5.11 Å². The molecular formula is C13H13BrN2O2S. The Labute approximate surface area is 123 Å². The van der Waals surface area contributed by atoms with E-state index in [0.717, 1.165) is 15.7 Å². The number of hydrogen-bond donors (Lipinski definition) is 2. The molecule has 0 aliphatic carbocycles. The number of benzene rings is 1. The zero-order valence-corrected chi connectivity index (χ0v) is 12.9. The highest BCUT2D eigenvalue weighted by Gasteiger charge is 2.09. The molecule has 6 heteroatoms. The van der Waals surface area contributed by atoms with Crippen LogP contribution >= 0.6 is 27.3 Å². The monoisotopic (exact) mass is 340 g/mol. The van der Waals surface area contributed by atoms with E-state index in [9.17, 15) is 4.79 Å². The number of aliphatic carboxylic acids is 1. The van der Waals surface area contributed by atoms with Gasteiger partial charge in [-0.05, 0) is 47.0 Å². The molecule has 1 heterocycles. The molecule has 2 aromatic rings. The Kier molecular flexibility index (Phi) is 4.21. The van der Waals surface area contributed by atoms with Crippen LogP contribution in [-0.4, -0.2) is 16.1 Å². The Balaban J connectivity index is 2.22. The van der Waals surface area contributed by atoms with Crippen LogP contribution in [0.5, 0.6) is 0 Å². The van der Waals surface area contributed by atoms with Gasteiger partial charge in [0.1, 0.15) is 0 Å². The van der Waals surface area contributed by atoms with Crippen molar-refractivity contribution >= 4 is 44.1 Å². The van der Waals surface area contributed by atoms with E-state index < -0.39 is 5.97 Å². The quantitative estimate of drug-likeness (QED) is 0.886. The van der Waals surface area contributed by atoms with E-state index >= 15 is 0 Å². The van der Waals surface area contributed by atoms with Crippen molar-refractivity contribution in [1.29, 1.82) is 0 Å². The van der Waals surface area contributed by atoms with E-state index in [2.05, 4.69) is 32.3 Å². The van der Waals surface area contributed by atoms with Crippen LogP contribution in [0.15, 0.2) is 22.0 Å². The Bertz CT molecular complexity index is 602. The lowest BCUT2D eigenvalue weighted by molar-refractivity contribution is -0.136. The fourth-order valence-electron chi connectivity index (χ4n) is 1.78. The molecule has 0 spiro atoms. The number of carboxylic acids is 1. The predicted molar refractivity (Wildman–Crippen MR) is 80.4 cm³/mol. The summed E-state index contributed by atoms with van der Waals surface area (Å²) in [5.41, 5.74) is 3.82. The standard InChI is InChI=1S/C13H13BrN2O2S/c1-7-3-8(2)12(10(14)4-7)16-13-15-9(6-19-13)5-11(17)18/h3-4,6H,5H2,1-2H3,(H,15,16)(H,17,18). The number of rotatable bonds is 4. The zero-order valence-electron chi connectivity index (χ0n) is 10.5. The Morgan fingerprint density at radius 2 is 2.21 bits per heavy atom. The Hall–Kier alpha value is -1.40. The van der Waals surface area contributed by atoms with Gasteiger partial charge in [-0.15, -0.1) is 11.3 Å². The summed E-state index contributed by atoms with van der Waals surface area (Å²) < 4.78 is 0.972. The van der Waals surface area contributed by atoms with Crippen LogP contribution in [0.1, 0.15) is 16.8 Å². The lowest BCUT2D eigenvalue weighted by Crippen LogP contribution is -2.00. The summed E-state index contributed by atoms with van der Waals surface area (Å²) in [6, 6.07) is 4.11. The summed E-state index contributed by atoms with van der Waals surface area (Å²) in [7, 11) is 0. The zero-order chi connectivity index (χ0) is 14.0. The Morgan fingerprint density at radius 3 is 2.84 bits per heavy atom. The van der Waals surface area contributed by atoms with Crippen molar-refractivity contribution in [3.05, 3.63) is 38.8 Å². The maximum Gasteiger partial charge on any atom is 0.309 e. The molecule has 1 aromatic carbocycles. The summed E-state index contributed by atoms with van der Waals surface area (Å²) in [6.07, 6.45) is -0.0494. The minimum absolute atomic E-state index is 0.0494. The molecule has 0 atom stereocenters. The second kappa shape index (κ2) is 5.71. The van der Waals surface area contributed by atoms with E-state index in [1.165, 1.54) is 16.9 Å². The molecule has 0 radical (unpaired) electrons. The molecule has 4 nitrogen and oxygen atoms in total. The third kappa shape index (κ3) is 3.54. The topological polar surface area (TPSA) is 62.2 Å². The molecular weight excluding hydrogens is 328 g/mol. The molecule has 2 N–H and O–H groups in total. The van der Waals surface area contributed by atoms with Gasteiger partial charge < -0.3 is 10.4 Å². The number of anilines is 2. The van der Waals surface area contributed by atoms with Gasteiger partial charge in [-0.3, -0.25) is 4.79 Å². The van der Waals surface area contributed by atoms with Crippen molar-refractivity contribution in [2.75, 3.05) is 5.32 Å². The Morgan fingerprint density at radius 1 is 1.47 bits per heavy atom. The van der Waals surface area contributed by atoms with E-state index in [0.29, 0.717) is 10.8 Å². The number of thiazole rings is 1. The van der Waals surface area contributed by atoms with Crippen molar-refractivity contribution in [3.8, 4) is 0 Å². The highest BCUT2D eigenvalue weighted by molar-refractivity contribution is 9.10. The predicted octanol–water partition coefficient (Wildman–Crippen LogP) is 3.89. The van der Waals surface area contributed by atoms with E-state index in [-0.39, 0.29) is 6.42 Å². The maximum atomic E-state index is 10.6. The maximum absolute atomic E-state index is 10.6. The largest absolute Gasteiger partial charge is 0.481 e. The lowest BCUT2D eigenvalue weighted by atomic mass is 10.1. The van der Waals surface area contributed by atoms with Gasteiger partial charge in [0.15, 0.2) is 5.13 Å².